The van der Waals surface area contributed by atoms with E-state index in [0.29, 0.717) is 0 Å². The van der Waals surface area contributed by atoms with Crippen LogP contribution < -0.4 is 0 Å². The highest BCUT2D eigenvalue weighted by molar-refractivity contribution is 5.03. The Morgan fingerprint density at radius 1 is 0.737 bits per heavy atom. The first kappa shape index (κ1) is 13.7. The van der Waals surface area contributed by atoms with Crippen molar-refractivity contribution in [1.29, 1.82) is 0 Å². The number of aryl methyl sites for hydroxylation is 2. The lowest BCUT2D eigenvalue weighted by atomic mass is 10.2. The fraction of sp³-hybridized carbons (Fsp3) is 0.375. The molecule has 0 aromatic carbocycles. The maximum Gasteiger partial charge on any atom is 0.0469 e. The van der Waals surface area contributed by atoms with E-state index in [-0.39, 0.29) is 0 Å². The van der Waals surface area contributed by atoms with Gasteiger partial charge in [-0.15, -0.1) is 0 Å². The molecular formula is C16H20N2O. The Morgan fingerprint density at radius 3 is 1.68 bits per heavy atom. The molecule has 0 atom stereocenters. The van der Waals surface area contributed by atoms with Crippen LogP contribution in [0.2, 0.25) is 0 Å². The molecule has 100 valence electrons. The Morgan fingerprint density at radius 2 is 1.26 bits per heavy atom. The van der Waals surface area contributed by atoms with Crippen LogP contribution >= 0.6 is 0 Å². The second-order valence-electron chi connectivity index (χ2n) is 4.46. The summed E-state index contributed by atoms with van der Waals surface area (Å²) in [5.41, 5.74) is 2.28. The number of pyridine rings is 2. The highest BCUT2D eigenvalue weighted by Gasteiger charge is 1.95. The maximum absolute atomic E-state index is 5.62. The predicted molar refractivity (Wildman–Crippen MR) is 75.9 cm³/mol. The maximum atomic E-state index is 5.62. The molecule has 0 saturated heterocycles. The van der Waals surface area contributed by atoms with Crippen LogP contribution in [0.5, 0.6) is 0 Å². The molecule has 2 heterocycles. The van der Waals surface area contributed by atoms with Gasteiger partial charge in [0.2, 0.25) is 0 Å². The van der Waals surface area contributed by atoms with Crippen molar-refractivity contribution in [1.82, 2.24) is 9.97 Å². The normalized spacial score (nSPS) is 10.5. The van der Waals surface area contributed by atoms with E-state index in [1.807, 2.05) is 36.7 Å². The molecular weight excluding hydrogens is 236 g/mol. The number of aromatic nitrogens is 2. The zero-order valence-electron chi connectivity index (χ0n) is 11.2. The van der Waals surface area contributed by atoms with Gasteiger partial charge in [0.25, 0.3) is 0 Å². The van der Waals surface area contributed by atoms with E-state index in [1.165, 1.54) is 0 Å². The van der Waals surface area contributed by atoms with Gasteiger partial charge in [-0.3, -0.25) is 9.97 Å². The minimum atomic E-state index is 0.804. The smallest absolute Gasteiger partial charge is 0.0469 e. The quantitative estimate of drug-likeness (QED) is 0.681. The first-order chi connectivity index (χ1) is 9.45. The SMILES string of the molecule is c1ccc(CCCOCCCc2ccccn2)nc1. The van der Waals surface area contributed by atoms with Gasteiger partial charge in [0.05, 0.1) is 0 Å². The van der Waals surface area contributed by atoms with Crippen molar-refractivity contribution in [2.45, 2.75) is 25.7 Å². The highest BCUT2D eigenvalue weighted by Crippen LogP contribution is 2.01. The van der Waals surface area contributed by atoms with E-state index in [0.717, 1.165) is 50.3 Å². The number of hydrogen-bond acceptors (Lipinski definition) is 3. The Kier molecular flexibility index (Phi) is 6.03. The lowest BCUT2D eigenvalue weighted by Gasteiger charge is -2.04. The average Bonchev–Trinajstić information content (AvgIpc) is 2.48. The summed E-state index contributed by atoms with van der Waals surface area (Å²) in [6.07, 6.45) is 7.70. The van der Waals surface area contributed by atoms with Crippen LogP contribution in [0.3, 0.4) is 0 Å². The third kappa shape index (κ3) is 5.62. The number of rotatable bonds is 8. The average molecular weight is 256 g/mol. The van der Waals surface area contributed by atoms with E-state index < -0.39 is 0 Å². The van der Waals surface area contributed by atoms with Crippen LogP contribution in [0.4, 0.5) is 0 Å². The molecule has 0 aliphatic rings. The molecule has 0 N–H and O–H groups in total. The van der Waals surface area contributed by atoms with Crippen molar-refractivity contribution in [3.63, 3.8) is 0 Å². The molecule has 0 bridgehead atoms. The summed E-state index contributed by atoms with van der Waals surface area (Å²) in [6, 6.07) is 12.0. The second kappa shape index (κ2) is 8.38. The molecule has 19 heavy (non-hydrogen) atoms. The summed E-state index contributed by atoms with van der Waals surface area (Å²) in [7, 11) is 0. The van der Waals surface area contributed by atoms with E-state index in [9.17, 15) is 0 Å². The van der Waals surface area contributed by atoms with Crippen LogP contribution in [-0.4, -0.2) is 23.2 Å². The van der Waals surface area contributed by atoms with Crippen LogP contribution in [0, 0.1) is 0 Å². The Bertz CT molecular complexity index is 401. The molecule has 0 spiro atoms. The van der Waals surface area contributed by atoms with Crippen LogP contribution in [0.1, 0.15) is 24.2 Å². The molecule has 0 aliphatic carbocycles. The van der Waals surface area contributed by atoms with E-state index in [2.05, 4.69) is 22.1 Å². The molecule has 0 saturated carbocycles. The zero-order chi connectivity index (χ0) is 13.2. The molecule has 0 unspecified atom stereocenters. The van der Waals surface area contributed by atoms with Crippen molar-refractivity contribution in [2.75, 3.05) is 13.2 Å². The lowest BCUT2D eigenvalue weighted by Crippen LogP contribution is -2.01. The topological polar surface area (TPSA) is 35.0 Å². The van der Waals surface area contributed by atoms with Gasteiger partial charge in [-0.1, -0.05) is 12.1 Å². The number of ether oxygens (including phenoxy) is 1. The summed E-state index contributed by atoms with van der Waals surface area (Å²) in [5, 5.41) is 0. The minimum Gasteiger partial charge on any atom is -0.381 e. The monoisotopic (exact) mass is 256 g/mol. The summed E-state index contributed by atoms with van der Waals surface area (Å²) in [6.45, 7) is 1.61. The van der Waals surface area contributed by atoms with Gasteiger partial charge in [-0.05, 0) is 49.9 Å². The first-order valence-corrected chi connectivity index (χ1v) is 6.83. The van der Waals surface area contributed by atoms with Crippen LogP contribution in [0.25, 0.3) is 0 Å². The van der Waals surface area contributed by atoms with Crippen molar-refractivity contribution in [3.8, 4) is 0 Å². The Balaban J connectivity index is 1.49. The standard InChI is InChI=1S/C16H20N2O/c1-3-11-17-15(7-1)9-5-13-19-14-6-10-16-8-2-4-12-18-16/h1-4,7-8,11-12H,5-6,9-10,13-14H2. The van der Waals surface area contributed by atoms with Gasteiger partial charge in [0.15, 0.2) is 0 Å². The van der Waals surface area contributed by atoms with Crippen molar-refractivity contribution < 1.29 is 4.74 Å². The predicted octanol–water partition coefficient (Wildman–Crippen LogP) is 3.06. The van der Waals surface area contributed by atoms with Crippen LogP contribution in [0.15, 0.2) is 48.8 Å². The van der Waals surface area contributed by atoms with E-state index >= 15 is 0 Å². The molecule has 2 rings (SSSR count). The molecule has 3 heteroatoms. The highest BCUT2D eigenvalue weighted by atomic mass is 16.5. The zero-order valence-corrected chi connectivity index (χ0v) is 11.2. The number of nitrogens with zero attached hydrogens (tertiary/aromatic N) is 2. The summed E-state index contributed by atoms with van der Waals surface area (Å²) in [5.74, 6) is 0. The van der Waals surface area contributed by atoms with Gasteiger partial charge in [0, 0.05) is 37.0 Å². The molecule has 3 nitrogen and oxygen atoms in total. The Labute approximate surface area is 114 Å². The molecule has 0 radical (unpaired) electrons. The molecule has 0 amide bonds. The van der Waals surface area contributed by atoms with Gasteiger partial charge < -0.3 is 4.74 Å². The van der Waals surface area contributed by atoms with E-state index in [1.54, 1.807) is 0 Å². The fourth-order valence-corrected chi connectivity index (χ4v) is 1.90. The van der Waals surface area contributed by atoms with Gasteiger partial charge in [-0.2, -0.15) is 0 Å². The van der Waals surface area contributed by atoms with Crippen molar-refractivity contribution in [3.05, 3.63) is 60.2 Å². The second-order valence-corrected chi connectivity index (χ2v) is 4.46. The van der Waals surface area contributed by atoms with Gasteiger partial charge in [-0.25, -0.2) is 0 Å². The summed E-state index contributed by atoms with van der Waals surface area (Å²) in [4.78, 5) is 8.58. The van der Waals surface area contributed by atoms with Gasteiger partial charge >= 0.3 is 0 Å². The van der Waals surface area contributed by atoms with E-state index in [4.69, 9.17) is 4.74 Å². The van der Waals surface area contributed by atoms with Gasteiger partial charge in [0.1, 0.15) is 0 Å². The van der Waals surface area contributed by atoms with Crippen molar-refractivity contribution >= 4 is 0 Å². The minimum absolute atomic E-state index is 0.804. The Hall–Kier alpha value is -1.74. The molecule has 2 aromatic rings. The summed E-state index contributed by atoms with van der Waals surface area (Å²) < 4.78 is 5.62. The number of hydrogen-bond donors (Lipinski definition) is 0. The van der Waals surface area contributed by atoms with Crippen molar-refractivity contribution in [2.24, 2.45) is 0 Å². The largest absolute Gasteiger partial charge is 0.381 e. The van der Waals surface area contributed by atoms with Crippen LogP contribution in [-0.2, 0) is 17.6 Å². The molecule has 2 aromatic heterocycles. The molecule has 0 fully saturated rings. The third-order valence-corrected chi connectivity index (χ3v) is 2.90. The first-order valence-electron chi connectivity index (χ1n) is 6.83. The summed E-state index contributed by atoms with van der Waals surface area (Å²) >= 11 is 0. The third-order valence-electron chi connectivity index (χ3n) is 2.90. The fourth-order valence-electron chi connectivity index (χ4n) is 1.90. The lowest BCUT2D eigenvalue weighted by molar-refractivity contribution is 0.129. The molecule has 0 aliphatic heterocycles.